The summed E-state index contributed by atoms with van der Waals surface area (Å²) in [6.45, 7) is 8.00. The number of hydrogen-bond acceptors (Lipinski definition) is 5. The molecule has 178 valence electrons. The molecule has 1 fully saturated rings. The number of carbonyl (C=O) groups excluding carboxylic acids is 1. The van der Waals surface area contributed by atoms with E-state index in [0.717, 1.165) is 46.6 Å². The van der Waals surface area contributed by atoms with E-state index in [0.29, 0.717) is 30.4 Å². The van der Waals surface area contributed by atoms with Crippen molar-refractivity contribution in [2.45, 2.75) is 59.3 Å². The number of Topliss-reactive ketones (excluding diaryl/α,β-unsaturated/α-hetero) is 1. The van der Waals surface area contributed by atoms with Crippen LogP contribution in [0.3, 0.4) is 0 Å². The molecule has 4 aromatic rings. The van der Waals surface area contributed by atoms with Crippen LogP contribution >= 0.6 is 0 Å². The van der Waals surface area contributed by atoms with Crippen molar-refractivity contribution in [1.82, 2.24) is 14.5 Å². The molecule has 6 heteroatoms. The quantitative estimate of drug-likeness (QED) is 0.353. The SMILES string of the molecule is CC.CC.Nc1ncnc2c(C3CCC(=O)CC3)cn(-c3ccc(Oc4ccccc4)cc3)c12. The van der Waals surface area contributed by atoms with Crippen molar-refractivity contribution in [3.05, 3.63) is 72.7 Å². The third-order valence-corrected chi connectivity index (χ3v) is 5.71. The maximum absolute atomic E-state index is 11.7. The van der Waals surface area contributed by atoms with Crippen molar-refractivity contribution in [3.8, 4) is 17.2 Å². The van der Waals surface area contributed by atoms with Gasteiger partial charge in [0.25, 0.3) is 0 Å². The van der Waals surface area contributed by atoms with Crippen molar-refractivity contribution in [2.75, 3.05) is 5.73 Å². The van der Waals surface area contributed by atoms with Crippen LogP contribution in [0.1, 0.15) is 64.9 Å². The van der Waals surface area contributed by atoms with Crippen LogP contribution in [0.25, 0.3) is 16.7 Å². The van der Waals surface area contributed by atoms with Crippen molar-refractivity contribution in [1.29, 1.82) is 0 Å². The number of ketones is 1. The number of nitrogens with two attached hydrogens (primary N) is 1. The highest BCUT2D eigenvalue weighted by molar-refractivity contribution is 5.90. The highest BCUT2D eigenvalue weighted by atomic mass is 16.5. The van der Waals surface area contributed by atoms with Crippen molar-refractivity contribution >= 4 is 22.6 Å². The van der Waals surface area contributed by atoms with Crippen molar-refractivity contribution in [3.63, 3.8) is 0 Å². The Bertz CT molecular complexity index is 1190. The lowest BCUT2D eigenvalue weighted by Crippen LogP contribution is -2.12. The Labute approximate surface area is 201 Å². The van der Waals surface area contributed by atoms with Crippen molar-refractivity contribution < 1.29 is 9.53 Å². The normalized spacial score (nSPS) is 13.5. The fourth-order valence-corrected chi connectivity index (χ4v) is 4.16. The van der Waals surface area contributed by atoms with Crippen LogP contribution in [0.2, 0.25) is 0 Å². The number of carbonyl (C=O) groups is 1. The molecule has 5 rings (SSSR count). The summed E-state index contributed by atoms with van der Waals surface area (Å²) in [7, 11) is 0. The second kappa shape index (κ2) is 12.0. The van der Waals surface area contributed by atoms with Gasteiger partial charge in [0, 0.05) is 24.7 Å². The van der Waals surface area contributed by atoms with Gasteiger partial charge in [0.05, 0.1) is 5.52 Å². The first-order chi connectivity index (χ1) is 16.7. The van der Waals surface area contributed by atoms with E-state index in [2.05, 4.69) is 16.2 Å². The number of nitrogen functional groups attached to an aromatic ring is 1. The molecule has 6 nitrogen and oxygen atoms in total. The molecule has 1 saturated carbocycles. The van der Waals surface area contributed by atoms with Gasteiger partial charge in [-0.15, -0.1) is 0 Å². The molecule has 2 aromatic heterocycles. The summed E-state index contributed by atoms with van der Waals surface area (Å²) in [4.78, 5) is 20.4. The fourth-order valence-electron chi connectivity index (χ4n) is 4.16. The minimum Gasteiger partial charge on any atom is -0.457 e. The third-order valence-electron chi connectivity index (χ3n) is 5.71. The van der Waals surface area contributed by atoms with E-state index in [1.54, 1.807) is 0 Å². The monoisotopic (exact) mass is 458 g/mol. The first kappa shape index (κ1) is 25.0. The Morgan fingerprint density at radius 3 is 2.15 bits per heavy atom. The molecule has 34 heavy (non-hydrogen) atoms. The predicted molar refractivity (Wildman–Crippen MR) is 139 cm³/mol. The molecule has 0 aliphatic heterocycles. The average Bonchev–Trinajstić information content (AvgIpc) is 3.29. The second-order valence-corrected chi connectivity index (χ2v) is 7.63. The molecule has 0 atom stereocenters. The summed E-state index contributed by atoms with van der Waals surface area (Å²) >= 11 is 0. The van der Waals surface area contributed by atoms with Gasteiger partial charge in [-0.05, 0) is 60.7 Å². The Hall–Kier alpha value is -3.67. The molecule has 1 aliphatic carbocycles. The first-order valence-electron chi connectivity index (χ1n) is 12.2. The molecule has 0 unspecified atom stereocenters. The number of nitrogens with zero attached hydrogens (tertiary/aromatic N) is 3. The molecule has 0 saturated heterocycles. The summed E-state index contributed by atoms with van der Waals surface area (Å²) < 4.78 is 7.94. The molecule has 2 heterocycles. The zero-order valence-electron chi connectivity index (χ0n) is 20.5. The first-order valence-corrected chi connectivity index (χ1v) is 12.2. The molecule has 0 radical (unpaired) electrons. The maximum atomic E-state index is 11.7. The summed E-state index contributed by atoms with van der Waals surface area (Å²) in [5.74, 6) is 2.66. The lowest BCUT2D eigenvalue weighted by molar-refractivity contribution is -0.120. The molecule has 0 spiro atoms. The Morgan fingerprint density at radius 1 is 0.882 bits per heavy atom. The van der Waals surface area contributed by atoms with Gasteiger partial charge < -0.3 is 15.0 Å². The van der Waals surface area contributed by atoms with Crippen LogP contribution in [-0.4, -0.2) is 20.3 Å². The van der Waals surface area contributed by atoms with E-state index in [1.807, 2.05) is 86.9 Å². The van der Waals surface area contributed by atoms with E-state index in [4.69, 9.17) is 10.5 Å². The topological polar surface area (TPSA) is 83.0 Å². The minimum atomic E-state index is 0.307. The lowest BCUT2D eigenvalue weighted by Gasteiger charge is -2.20. The zero-order valence-corrected chi connectivity index (χ0v) is 20.5. The molecule has 0 bridgehead atoms. The molecule has 1 aliphatic rings. The van der Waals surface area contributed by atoms with Crippen LogP contribution in [-0.2, 0) is 4.79 Å². The van der Waals surface area contributed by atoms with Gasteiger partial charge in [0.2, 0.25) is 0 Å². The number of rotatable bonds is 4. The molecule has 2 aromatic carbocycles. The number of benzene rings is 2. The average molecular weight is 459 g/mol. The molecule has 2 N–H and O–H groups in total. The number of anilines is 1. The number of aromatic nitrogens is 3. The Balaban J connectivity index is 0.000000771. The van der Waals surface area contributed by atoms with Crippen LogP contribution in [0.15, 0.2) is 67.1 Å². The van der Waals surface area contributed by atoms with Crippen LogP contribution in [0, 0.1) is 0 Å². The van der Waals surface area contributed by atoms with Gasteiger partial charge in [0.1, 0.15) is 29.1 Å². The smallest absolute Gasteiger partial charge is 0.151 e. The lowest BCUT2D eigenvalue weighted by atomic mass is 9.84. The molecular weight excluding hydrogens is 424 g/mol. The highest BCUT2D eigenvalue weighted by Crippen LogP contribution is 2.38. The predicted octanol–water partition coefficient (Wildman–Crippen LogP) is 7.07. The minimum absolute atomic E-state index is 0.307. The highest BCUT2D eigenvalue weighted by Gasteiger charge is 2.25. The van der Waals surface area contributed by atoms with E-state index in [1.165, 1.54) is 6.33 Å². The van der Waals surface area contributed by atoms with E-state index < -0.39 is 0 Å². The van der Waals surface area contributed by atoms with Crippen LogP contribution in [0.4, 0.5) is 5.82 Å². The van der Waals surface area contributed by atoms with E-state index in [-0.39, 0.29) is 0 Å². The zero-order chi connectivity index (χ0) is 24.5. The van der Waals surface area contributed by atoms with Gasteiger partial charge in [-0.1, -0.05) is 45.9 Å². The molecular formula is C28H34N4O2. The van der Waals surface area contributed by atoms with Gasteiger partial charge in [-0.25, -0.2) is 9.97 Å². The number of hydrogen-bond donors (Lipinski definition) is 1. The Morgan fingerprint density at radius 2 is 1.50 bits per heavy atom. The van der Waals surface area contributed by atoms with Crippen LogP contribution < -0.4 is 10.5 Å². The summed E-state index contributed by atoms with van der Waals surface area (Å²) in [6, 6.07) is 17.6. The van der Waals surface area contributed by atoms with Gasteiger partial charge in [-0.2, -0.15) is 0 Å². The van der Waals surface area contributed by atoms with E-state index in [9.17, 15) is 4.79 Å². The van der Waals surface area contributed by atoms with Gasteiger partial charge >= 0.3 is 0 Å². The fraction of sp³-hybridized carbons (Fsp3) is 0.321. The largest absolute Gasteiger partial charge is 0.457 e. The van der Waals surface area contributed by atoms with Gasteiger partial charge in [0.15, 0.2) is 5.82 Å². The Kier molecular flexibility index (Phi) is 8.79. The number of para-hydroxylation sites is 1. The summed E-state index contributed by atoms with van der Waals surface area (Å²) in [5, 5.41) is 0. The number of ether oxygens (including phenoxy) is 1. The van der Waals surface area contributed by atoms with E-state index >= 15 is 0 Å². The third kappa shape index (κ3) is 5.45. The standard InChI is InChI=1S/C24H22N4O2.2C2H6/c25-24-23-22(26-15-27-24)21(16-6-10-18(29)11-7-16)14-28(23)17-8-12-20(13-9-17)30-19-4-2-1-3-5-19;2*1-2/h1-5,8-9,12-16H,6-7,10-11H2,(H2,25,26,27);2*1-2H3. The summed E-state index contributed by atoms with van der Waals surface area (Å²) in [5.41, 5.74) is 10.0. The van der Waals surface area contributed by atoms with Crippen molar-refractivity contribution in [2.24, 2.45) is 0 Å². The number of fused-ring (bicyclic) bond motifs is 1. The second-order valence-electron chi connectivity index (χ2n) is 7.63. The molecule has 0 amide bonds. The van der Waals surface area contributed by atoms with Crippen LogP contribution in [0.5, 0.6) is 11.5 Å². The summed E-state index contributed by atoms with van der Waals surface area (Å²) in [6.07, 6.45) is 6.57. The maximum Gasteiger partial charge on any atom is 0.151 e. The van der Waals surface area contributed by atoms with Gasteiger partial charge in [-0.3, -0.25) is 4.79 Å².